The van der Waals surface area contributed by atoms with Gasteiger partial charge in [-0.3, -0.25) is 0 Å². The van der Waals surface area contributed by atoms with Gasteiger partial charge in [0, 0.05) is 23.8 Å². The Morgan fingerprint density at radius 2 is 1.96 bits per heavy atom. The maximum absolute atomic E-state index is 13.1. The Morgan fingerprint density at radius 3 is 2.72 bits per heavy atom. The van der Waals surface area contributed by atoms with E-state index in [1.165, 1.54) is 12.1 Å². The molecule has 2 aromatic rings. The van der Waals surface area contributed by atoms with Crippen molar-refractivity contribution < 1.29 is 23.0 Å². The molecule has 2 aliphatic rings. The van der Waals surface area contributed by atoms with Crippen LogP contribution in [-0.4, -0.2) is 11.7 Å². The van der Waals surface area contributed by atoms with E-state index in [1.807, 2.05) is 6.07 Å². The Hall–Kier alpha value is -2.21. The third-order valence-electron chi connectivity index (χ3n) is 5.02. The van der Waals surface area contributed by atoms with Gasteiger partial charge in [0.1, 0.15) is 5.75 Å². The van der Waals surface area contributed by atoms with Crippen LogP contribution in [0.5, 0.6) is 5.75 Å². The topological polar surface area (TPSA) is 41.5 Å². The van der Waals surface area contributed by atoms with Crippen molar-refractivity contribution in [1.82, 2.24) is 0 Å². The van der Waals surface area contributed by atoms with E-state index < -0.39 is 11.7 Å². The van der Waals surface area contributed by atoms with Gasteiger partial charge in [-0.2, -0.15) is 13.2 Å². The number of rotatable bonds is 1. The van der Waals surface area contributed by atoms with E-state index in [2.05, 4.69) is 5.32 Å². The molecule has 132 valence electrons. The number of fused-ring (bicyclic) bond motifs is 3. The van der Waals surface area contributed by atoms with Gasteiger partial charge in [0.2, 0.25) is 0 Å². The first-order chi connectivity index (χ1) is 11.9. The maximum Gasteiger partial charge on any atom is 0.416 e. The van der Waals surface area contributed by atoms with E-state index in [0.29, 0.717) is 17.9 Å². The van der Waals surface area contributed by atoms with Crippen LogP contribution in [0.15, 0.2) is 42.5 Å². The molecule has 0 spiro atoms. The van der Waals surface area contributed by atoms with E-state index >= 15 is 0 Å². The summed E-state index contributed by atoms with van der Waals surface area (Å²) in [6.07, 6.45) is -3.03. The summed E-state index contributed by atoms with van der Waals surface area (Å²) in [5.41, 5.74) is 1.48. The lowest BCUT2D eigenvalue weighted by molar-refractivity contribution is -0.137. The second kappa shape index (κ2) is 5.95. The largest absolute Gasteiger partial charge is 0.508 e. The highest BCUT2D eigenvalue weighted by atomic mass is 19.4. The number of phenolic OH excluding ortho intramolecular Hbond substituents is 1. The van der Waals surface area contributed by atoms with E-state index in [0.717, 1.165) is 24.5 Å². The summed E-state index contributed by atoms with van der Waals surface area (Å²) in [6.45, 7) is 0.545. The van der Waals surface area contributed by atoms with Gasteiger partial charge in [-0.25, -0.2) is 0 Å². The second-order valence-electron chi connectivity index (χ2n) is 6.61. The zero-order valence-electron chi connectivity index (χ0n) is 13.4. The number of ether oxygens (including phenoxy) is 1. The van der Waals surface area contributed by atoms with Crippen LogP contribution >= 0.6 is 0 Å². The summed E-state index contributed by atoms with van der Waals surface area (Å²) in [7, 11) is 0. The molecule has 2 aliphatic heterocycles. The summed E-state index contributed by atoms with van der Waals surface area (Å²) in [6, 6.07) is 10.6. The molecule has 2 heterocycles. The maximum atomic E-state index is 13.1. The zero-order valence-corrected chi connectivity index (χ0v) is 13.4. The van der Waals surface area contributed by atoms with Crippen LogP contribution in [0, 0.1) is 5.92 Å². The van der Waals surface area contributed by atoms with Crippen LogP contribution in [0.2, 0.25) is 0 Å². The normalized spacial score (nSPS) is 25.6. The number of aromatic hydroxyl groups is 1. The lowest BCUT2D eigenvalue weighted by atomic mass is 9.77. The molecule has 1 saturated heterocycles. The number of benzene rings is 2. The molecular formula is C19H18F3NO2. The van der Waals surface area contributed by atoms with Crippen LogP contribution < -0.4 is 5.32 Å². The molecule has 0 bridgehead atoms. The van der Waals surface area contributed by atoms with Gasteiger partial charge in [-0.1, -0.05) is 12.1 Å². The lowest BCUT2D eigenvalue weighted by Crippen LogP contribution is -2.36. The highest BCUT2D eigenvalue weighted by molar-refractivity contribution is 5.59. The molecule has 3 atom stereocenters. The smallest absolute Gasteiger partial charge is 0.416 e. The Morgan fingerprint density at radius 1 is 1.12 bits per heavy atom. The first kappa shape index (κ1) is 16.3. The monoisotopic (exact) mass is 349 g/mol. The van der Waals surface area contributed by atoms with E-state index in [-0.39, 0.29) is 23.8 Å². The summed E-state index contributed by atoms with van der Waals surface area (Å²) in [5.74, 6) is 0.192. The summed E-state index contributed by atoms with van der Waals surface area (Å²) < 4.78 is 45.1. The molecule has 4 rings (SSSR count). The van der Waals surface area contributed by atoms with E-state index in [1.54, 1.807) is 18.2 Å². The van der Waals surface area contributed by atoms with Crippen LogP contribution in [0.4, 0.5) is 18.9 Å². The van der Waals surface area contributed by atoms with Crippen molar-refractivity contribution in [2.24, 2.45) is 5.92 Å². The number of halogens is 3. The van der Waals surface area contributed by atoms with Crippen molar-refractivity contribution in [2.75, 3.05) is 11.9 Å². The highest BCUT2D eigenvalue weighted by Crippen LogP contribution is 2.50. The van der Waals surface area contributed by atoms with Gasteiger partial charge in [-0.05, 0) is 48.7 Å². The molecule has 0 aliphatic carbocycles. The fraction of sp³-hybridized carbons (Fsp3) is 0.368. The van der Waals surface area contributed by atoms with Crippen LogP contribution in [0.1, 0.15) is 41.7 Å². The molecule has 3 nitrogen and oxygen atoms in total. The minimum absolute atomic E-state index is 0.0199. The fourth-order valence-electron chi connectivity index (χ4n) is 3.90. The summed E-state index contributed by atoms with van der Waals surface area (Å²) in [4.78, 5) is 0. The second-order valence-corrected chi connectivity index (χ2v) is 6.61. The molecule has 2 aromatic carbocycles. The molecule has 6 heteroatoms. The third-order valence-corrected chi connectivity index (χ3v) is 5.02. The molecular weight excluding hydrogens is 331 g/mol. The zero-order chi connectivity index (χ0) is 17.6. The average molecular weight is 349 g/mol. The predicted octanol–water partition coefficient (Wildman–Crippen LogP) is 5.05. The summed E-state index contributed by atoms with van der Waals surface area (Å²) in [5, 5.41) is 13.1. The van der Waals surface area contributed by atoms with Gasteiger partial charge in [0.05, 0.1) is 17.7 Å². The van der Waals surface area contributed by atoms with Crippen molar-refractivity contribution in [2.45, 2.75) is 31.2 Å². The number of anilines is 1. The number of hydrogen-bond donors (Lipinski definition) is 2. The van der Waals surface area contributed by atoms with Crippen LogP contribution in [-0.2, 0) is 10.9 Å². The molecule has 0 amide bonds. The Kier molecular flexibility index (Phi) is 3.87. The minimum atomic E-state index is -4.37. The van der Waals surface area contributed by atoms with Gasteiger partial charge in [0.15, 0.2) is 0 Å². The van der Waals surface area contributed by atoms with Gasteiger partial charge < -0.3 is 15.2 Å². The number of alkyl halides is 3. The number of phenols is 1. The summed E-state index contributed by atoms with van der Waals surface area (Å²) >= 11 is 0. The Bertz CT molecular complexity index is 790. The number of hydrogen-bond acceptors (Lipinski definition) is 3. The molecule has 0 unspecified atom stereocenters. The van der Waals surface area contributed by atoms with Gasteiger partial charge >= 0.3 is 6.18 Å². The van der Waals surface area contributed by atoms with Crippen molar-refractivity contribution >= 4 is 5.69 Å². The third kappa shape index (κ3) is 2.95. The number of nitrogens with one attached hydrogen (secondary N) is 1. The SMILES string of the molecule is Oc1cccc([C@@H]2Nc3ccc(C(F)(F)F)cc3[C@H]3OCCC[C@H]32)c1. The van der Waals surface area contributed by atoms with Crippen molar-refractivity contribution in [3.8, 4) is 5.75 Å². The van der Waals surface area contributed by atoms with Gasteiger partial charge in [-0.15, -0.1) is 0 Å². The molecule has 0 saturated carbocycles. The molecule has 25 heavy (non-hydrogen) atoms. The molecule has 0 radical (unpaired) electrons. The first-order valence-corrected chi connectivity index (χ1v) is 8.32. The van der Waals surface area contributed by atoms with Crippen molar-refractivity contribution in [3.63, 3.8) is 0 Å². The van der Waals surface area contributed by atoms with Gasteiger partial charge in [0.25, 0.3) is 0 Å². The van der Waals surface area contributed by atoms with Crippen LogP contribution in [0.25, 0.3) is 0 Å². The molecule has 1 fully saturated rings. The molecule has 2 N–H and O–H groups in total. The van der Waals surface area contributed by atoms with Crippen LogP contribution in [0.3, 0.4) is 0 Å². The Balaban J connectivity index is 1.78. The first-order valence-electron chi connectivity index (χ1n) is 8.32. The molecule has 0 aromatic heterocycles. The Labute approximate surface area is 143 Å². The average Bonchev–Trinajstić information content (AvgIpc) is 2.60. The van der Waals surface area contributed by atoms with Crippen molar-refractivity contribution in [1.29, 1.82) is 0 Å². The highest BCUT2D eigenvalue weighted by Gasteiger charge is 2.41. The van der Waals surface area contributed by atoms with E-state index in [4.69, 9.17) is 4.74 Å². The fourth-order valence-corrected chi connectivity index (χ4v) is 3.90. The lowest BCUT2D eigenvalue weighted by Gasteiger charge is -2.43. The van der Waals surface area contributed by atoms with E-state index in [9.17, 15) is 18.3 Å². The quantitative estimate of drug-likeness (QED) is 0.757. The predicted molar refractivity (Wildman–Crippen MR) is 87.3 cm³/mol. The minimum Gasteiger partial charge on any atom is -0.508 e. The van der Waals surface area contributed by atoms with Crippen molar-refractivity contribution in [3.05, 3.63) is 59.2 Å². The standard InChI is InChI=1S/C19H18F3NO2/c20-19(21,22)12-6-7-16-15(10-12)18-14(5-2-8-25-18)17(23-16)11-3-1-4-13(24)9-11/h1,3-4,6-7,9-10,14,17-18,23-24H,2,5,8H2/t14-,17-,18-/m0/s1.